The number of para-hydroxylation sites is 2. The van der Waals surface area contributed by atoms with Crippen molar-refractivity contribution in [2.24, 2.45) is 7.05 Å². The monoisotopic (exact) mass is 377 g/mol. The van der Waals surface area contributed by atoms with Crippen LogP contribution in [0.3, 0.4) is 0 Å². The van der Waals surface area contributed by atoms with E-state index in [1.165, 1.54) is 5.56 Å². The zero-order valence-corrected chi connectivity index (χ0v) is 16.4. The van der Waals surface area contributed by atoms with E-state index >= 15 is 0 Å². The minimum absolute atomic E-state index is 0.0653. The molecule has 0 aliphatic carbocycles. The van der Waals surface area contributed by atoms with E-state index in [0.29, 0.717) is 13.0 Å². The lowest BCUT2D eigenvalue weighted by molar-refractivity contribution is -0.133. The highest BCUT2D eigenvalue weighted by Crippen LogP contribution is 2.30. The quantitative estimate of drug-likeness (QED) is 0.693. The highest BCUT2D eigenvalue weighted by Gasteiger charge is 2.26. The summed E-state index contributed by atoms with van der Waals surface area (Å²) in [5.41, 5.74) is 2.93. The minimum atomic E-state index is -0.0653. The van der Waals surface area contributed by atoms with E-state index in [2.05, 4.69) is 12.1 Å². The van der Waals surface area contributed by atoms with Crippen LogP contribution in [0.1, 0.15) is 43.7 Å². The maximum atomic E-state index is 13.2. The first kappa shape index (κ1) is 18.5. The van der Waals surface area contributed by atoms with Gasteiger partial charge in [-0.2, -0.15) is 0 Å². The van der Waals surface area contributed by atoms with Crippen molar-refractivity contribution < 1.29 is 4.79 Å². The molecular weight excluding hydrogens is 350 g/mol. The van der Waals surface area contributed by atoms with Crippen LogP contribution in [0.25, 0.3) is 11.0 Å². The molecule has 1 aliphatic heterocycles. The van der Waals surface area contributed by atoms with Crippen LogP contribution < -0.4 is 5.69 Å². The Bertz CT molecular complexity index is 1020. The Morgan fingerprint density at radius 1 is 0.964 bits per heavy atom. The number of fused-ring (bicyclic) bond motifs is 1. The summed E-state index contributed by atoms with van der Waals surface area (Å²) >= 11 is 0. The summed E-state index contributed by atoms with van der Waals surface area (Å²) in [5, 5.41) is 0. The van der Waals surface area contributed by atoms with Crippen molar-refractivity contribution in [3.8, 4) is 0 Å². The van der Waals surface area contributed by atoms with Crippen LogP contribution in [-0.4, -0.2) is 26.5 Å². The molecule has 2 aromatic carbocycles. The summed E-state index contributed by atoms with van der Waals surface area (Å²) < 4.78 is 3.38. The molecule has 28 heavy (non-hydrogen) atoms. The lowest BCUT2D eigenvalue weighted by Crippen LogP contribution is -2.36. The number of aryl methyl sites for hydroxylation is 2. The van der Waals surface area contributed by atoms with Crippen molar-refractivity contribution in [2.45, 2.75) is 44.7 Å². The van der Waals surface area contributed by atoms with Crippen LogP contribution in [0.15, 0.2) is 59.4 Å². The predicted octanol–water partition coefficient (Wildman–Crippen LogP) is 3.87. The standard InChI is InChI=1S/C23H27N3O2/c1-24-20-13-7-8-14-21(20)26(23(24)28)17-15-22(27)25-16-9-3-6-12-19(25)18-10-4-2-5-11-18/h2,4-5,7-8,10-11,13-14,19H,3,6,9,12,15-17H2,1H3. The van der Waals surface area contributed by atoms with Crippen molar-refractivity contribution >= 4 is 16.9 Å². The average Bonchev–Trinajstić information content (AvgIpc) is 2.90. The van der Waals surface area contributed by atoms with Crippen LogP contribution in [0.5, 0.6) is 0 Å². The molecule has 0 radical (unpaired) electrons. The summed E-state index contributed by atoms with van der Waals surface area (Å²) in [7, 11) is 1.78. The number of hydrogen-bond acceptors (Lipinski definition) is 2. The number of imidazole rings is 1. The molecule has 0 saturated carbocycles. The number of aromatic nitrogens is 2. The van der Waals surface area contributed by atoms with Gasteiger partial charge in [0.05, 0.1) is 17.1 Å². The number of benzene rings is 2. The van der Waals surface area contributed by atoms with Crippen molar-refractivity contribution in [2.75, 3.05) is 6.54 Å². The topological polar surface area (TPSA) is 47.2 Å². The number of nitrogens with zero attached hydrogens (tertiary/aromatic N) is 3. The van der Waals surface area contributed by atoms with Crippen LogP contribution in [0, 0.1) is 0 Å². The lowest BCUT2D eigenvalue weighted by Gasteiger charge is -2.30. The van der Waals surface area contributed by atoms with Crippen LogP contribution in [0.2, 0.25) is 0 Å². The van der Waals surface area contributed by atoms with Gasteiger partial charge in [-0.15, -0.1) is 0 Å². The number of carbonyl (C=O) groups excluding carboxylic acids is 1. The lowest BCUT2D eigenvalue weighted by atomic mass is 10.0. The fraction of sp³-hybridized carbons (Fsp3) is 0.391. The first-order valence-corrected chi connectivity index (χ1v) is 10.2. The second kappa shape index (κ2) is 8.05. The summed E-state index contributed by atoms with van der Waals surface area (Å²) in [5.74, 6) is 0.135. The molecule has 1 amide bonds. The Kier molecular flexibility index (Phi) is 5.33. The van der Waals surface area contributed by atoms with Gasteiger partial charge in [0.1, 0.15) is 0 Å². The number of carbonyl (C=O) groups is 1. The summed E-state index contributed by atoms with van der Waals surface area (Å²) in [6.45, 7) is 1.21. The third-order valence-electron chi connectivity index (χ3n) is 5.86. The van der Waals surface area contributed by atoms with Gasteiger partial charge in [-0.25, -0.2) is 4.79 Å². The molecule has 3 aromatic rings. The molecule has 1 atom stereocenters. The van der Waals surface area contributed by atoms with Crippen molar-refractivity contribution in [3.63, 3.8) is 0 Å². The zero-order chi connectivity index (χ0) is 19.5. The first-order chi connectivity index (χ1) is 13.7. The smallest absolute Gasteiger partial charge is 0.328 e. The van der Waals surface area contributed by atoms with Gasteiger partial charge >= 0.3 is 5.69 Å². The van der Waals surface area contributed by atoms with Crippen molar-refractivity contribution in [1.29, 1.82) is 0 Å². The molecule has 1 fully saturated rings. The highest BCUT2D eigenvalue weighted by molar-refractivity contribution is 5.78. The van der Waals surface area contributed by atoms with Gasteiger partial charge in [0.2, 0.25) is 5.91 Å². The molecule has 2 heterocycles. The van der Waals surface area contributed by atoms with Gasteiger partial charge in [-0.1, -0.05) is 55.3 Å². The van der Waals surface area contributed by atoms with E-state index in [1.807, 2.05) is 47.4 Å². The van der Waals surface area contributed by atoms with E-state index < -0.39 is 0 Å². The predicted molar refractivity (Wildman–Crippen MR) is 111 cm³/mol. The fourth-order valence-corrected chi connectivity index (χ4v) is 4.36. The zero-order valence-electron chi connectivity index (χ0n) is 16.4. The van der Waals surface area contributed by atoms with Crippen LogP contribution in [0.4, 0.5) is 0 Å². The average molecular weight is 377 g/mol. The van der Waals surface area contributed by atoms with Crippen LogP contribution in [-0.2, 0) is 18.4 Å². The third kappa shape index (κ3) is 3.49. The molecule has 146 valence electrons. The maximum Gasteiger partial charge on any atom is 0.328 e. The summed E-state index contributed by atoms with van der Waals surface area (Å²) in [4.78, 5) is 27.8. The number of amides is 1. The Morgan fingerprint density at radius 3 is 2.46 bits per heavy atom. The Balaban J connectivity index is 1.56. The van der Waals surface area contributed by atoms with Gasteiger partial charge in [0.15, 0.2) is 0 Å². The van der Waals surface area contributed by atoms with Gasteiger partial charge in [-0.05, 0) is 30.5 Å². The Morgan fingerprint density at radius 2 is 1.68 bits per heavy atom. The van der Waals surface area contributed by atoms with E-state index in [0.717, 1.165) is 43.3 Å². The minimum Gasteiger partial charge on any atom is -0.336 e. The van der Waals surface area contributed by atoms with Gasteiger partial charge in [0, 0.05) is 26.6 Å². The first-order valence-electron chi connectivity index (χ1n) is 10.2. The van der Waals surface area contributed by atoms with Gasteiger partial charge in [0.25, 0.3) is 0 Å². The number of hydrogen-bond donors (Lipinski definition) is 0. The van der Waals surface area contributed by atoms with Crippen molar-refractivity contribution in [1.82, 2.24) is 14.0 Å². The van der Waals surface area contributed by atoms with Crippen molar-refractivity contribution in [3.05, 3.63) is 70.6 Å². The second-order valence-electron chi connectivity index (χ2n) is 7.59. The largest absolute Gasteiger partial charge is 0.336 e. The summed E-state index contributed by atoms with van der Waals surface area (Å²) in [6.07, 6.45) is 4.70. The highest BCUT2D eigenvalue weighted by atomic mass is 16.2. The molecule has 4 rings (SSSR count). The normalized spacial score (nSPS) is 17.6. The molecule has 1 saturated heterocycles. The second-order valence-corrected chi connectivity index (χ2v) is 7.59. The molecule has 5 heteroatoms. The molecule has 1 aromatic heterocycles. The molecule has 0 N–H and O–H groups in total. The van der Waals surface area contributed by atoms with E-state index in [9.17, 15) is 9.59 Å². The molecule has 0 bridgehead atoms. The van der Waals surface area contributed by atoms with E-state index in [-0.39, 0.29) is 17.6 Å². The SMILES string of the molecule is Cn1c(=O)n(CCC(=O)N2CCCCCC2c2ccccc2)c2ccccc21. The Labute approximate surface area is 165 Å². The fourth-order valence-electron chi connectivity index (χ4n) is 4.36. The maximum absolute atomic E-state index is 13.2. The molecule has 1 unspecified atom stereocenters. The summed E-state index contributed by atoms with van der Waals surface area (Å²) in [6, 6.07) is 18.2. The molecular formula is C23H27N3O2. The number of rotatable bonds is 4. The third-order valence-corrected chi connectivity index (χ3v) is 5.86. The molecule has 0 spiro atoms. The molecule has 1 aliphatic rings. The van der Waals surface area contributed by atoms with Gasteiger partial charge in [-0.3, -0.25) is 13.9 Å². The number of likely N-dealkylation sites (tertiary alicyclic amines) is 1. The van der Waals surface area contributed by atoms with E-state index in [4.69, 9.17) is 0 Å². The Hall–Kier alpha value is -2.82. The van der Waals surface area contributed by atoms with Crippen LogP contribution >= 0.6 is 0 Å². The van der Waals surface area contributed by atoms with Gasteiger partial charge < -0.3 is 4.90 Å². The molecule has 5 nitrogen and oxygen atoms in total. The van der Waals surface area contributed by atoms with E-state index in [1.54, 1.807) is 16.2 Å².